The van der Waals surface area contributed by atoms with Crippen LogP contribution in [-0.4, -0.2) is 45.5 Å². The number of hydrogen-bond acceptors (Lipinski definition) is 6. The molecule has 1 N–H and O–H groups in total. The van der Waals surface area contributed by atoms with E-state index < -0.39 is 24.0 Å². The van der Waals surface area contributed by atoms with Crippen LogP contribution in [-0.2, 0) is 19.1 Å². The van der Waals surface area contributed by atoms with Crippen molar-refractivity contribution in [1.29, 1.82) is 5.26 Å². The number of rotatable bonds is 4. The lowest BCUT2D eigenvalue weighted by Gasteiger charge is -2.29. The third kappa shape index (κ3) is 3.40. The number of fused-ring (bicyclic) bond motifs is 1. The molecule has 7 nitrogen and oxygen atoms in total. The highest BCUT2D eigenvalue weighted by Crippen LogP contribution is 2.47. The molecule has 0 aromatic heterocycles. The molecule has 1 aromatic rings. The number of carbonyl (C=O) groups excluding carboxylic acids is 3. The molecule has 2 aliphatic heterocycles. The van der Waals surface area contributed by atoms with E-state index >= 15 is 0 Å². The molecule has 26 heavy (non-hydrogen) atoms. The second kappa shape index (κ2) is 7.00. The van der Waals surface area contributed by atoms with E-state index in [1.54, 1.807) is 34.9 Å². The molecule has 0 unspecified atom stereocenters. The second-order valence-corrected chi connectivity index (χ2v) is 8.03. The summed E-state index contributed by atoms with van der Waals surface area (Å²) in [5, 5.41) is 11.5. The van der Waals surface area contributed by atoms with E-state index in [1.165, 1.54) is 13.0 Å². The molecule has 3 rings (SSSR count). The number of nitrogens with one attached hydrogen (secondary N) is 1. The molecule has 1 aromatic carbocycles. The lowest BCUT2D eigenvalue weighted by molar-refractivity contribution is -0.160. The van der Waals surface area contributed by atoms with Crippen molar-refractivity contribution in [2.45, 2.75) is 43.7 Å². The maximum atomic E-state index is 12.5. The molecule has 0 radical (unpaired) electrons. The predicted molar refractivity (Wildman–Crippen MR) is 96.1 cm³/mol. The minimum atomic E-state index is -1.01. The number of amides is 2. The van der Waals surface area contributed by atoms with Gasteiger partial charge >= 0.3 is 5.97 Å². The number of nitriles is 1. The molecular formula is C18H19N3O4S. The summed E-state index contributed by atoms with van der Waals surface area (Å²) in [7, 11) is 0. The van der Waals surface area contributed by atoms with Crippen LogP contribution < -0.4 is 5.32 Å². The van der Waals surface area contributed by atoms with E-state index in [1.807, 2.05) is 13.0 Å². The highest BCUT2D eigenvalue weighted by molar-refractivity contribution is 8.01. The minimum absolute atomic E-state index is 0.0510. The van der Waals surface area contributed by atoms with Crippen molar-refractivity contribution in [1.82, 2.24) is 4.90 Å². The fraction of sp³-hybridized carbons (Fsp3) is 0.444. The van der Waals surface area contributed by atoms with Crippen LogP contribution in [0, 0.1) is 11.3 Å². The van der Waals surface area contributed by atoms with Gasteiger partial charge in [-0.3, -0.25) is 9.59 Å². The van der Waals surface area contributed by atoms with E-state index in [2.05, 4.69) is 5.32 Å². The number of esters is 1. The summed E-state index contributed by atoms with van der Waals surface area (Å²) in [6.45, 7) is 3.43. The van der Waals surface area contributed by atoms with Gasteiger partial charge < -0.3 is 15.0 Å². The van der Waals surface area contributed by atoms with Crippen LogP contribution in [0.15, 0.2) is 24.3 Å². The van der Waals surface area contributed by atoms with Gasteiger partial charge in [0.25, 0.3) is 5.91 Å². The monoisotopic (exact) mass is 373 g/mol. The van der Waals surface area contributed by atoms with Gasteiger partial charge in [0.2, 0.25) is 5.91 Å². The average Bonchev–Trinajstić information content (AvgIpc) is 3.11. The van der Waals surface area contributed by atoms with Crippen molar-refractivity contribution < 1.29 is 19.1 Å². The quantitative estimate of drug-likeness (QED) is 0.809. The Bertz CT molecular complexity index is 806. The summed E-state index contributed by atoms with van der Waals surface area (Å²) >= 11 is 1.57. The molecule has 2 amide bonds. The van der Waals surface area contributed by atoms with Gasteiger partial charge in [-0.2, -0.15) is 5.26 Å². The summed E-state index contributed by atoms with van der Waals surface area (Å²) in [4.78, 5) is 38.1. The van der Waals surface area contributed by atoms with Crippen LogP contribution in [0.3, 0.4) is 0 Å². The Hall–Kier alpha value is -2.53. The molecule has 3 atom stereocenters. The standard InChI is InChI=1S/C18H19N3O4S/c1-11(16(23)20-13-5-3-4-12(8-13)9-19)25-17(24)14-10-26-18(2)7-6-15(22)21(14)18/h3-5,8,11,14H,6-7,10H2,1-2H3,(H,20,23)/t11-,14-,18+/m1/s1. The molecular weight excluding hydrogens is 354 g/mol. The van der Waals surface area contributed by atoms with Gasteiger partial charge in [-0.15, -0.1) is 11.8 Å². The van der Waals surface area contributed by atoms with E-state index in [9.17, 15) is 14.4 Å². The zero-order chi connectivity index (χ0) is 18.9. The molecule has 0 aliphatic carbocycles. The second-order valence-electron chi connectivity index (χ2n) is 6.53. The van der Waals surface area contributed by atoms with E-state index in [-0.39, 0.29) is 10.8 Å². The fourth-order valence-electron chi connectivity index (χ4n) is 3.21. The Kier molecular flexibility index (Phi) is 4.92. The first-order chi connectivity index (χ1) is 12.3. The SMILES string of the molecule is C[C@@H](OC(=O)[C@H]1CS[C@@]2(C)CCC(=O)N12)C(=O)Nc1cccc(C#N)c1. The van der Waals surface area contributed by atoms with Crippen molar-refractivity contribution in [3.63, 3.8) is 0 Å². The van der Waals surface area contributed by atoms with Crippen molar-refractivity contribution in [3.05, 3.63) is 29.8 Å². The molecule has 0 bridgehead atoms. The Morgan fingerprint density at radius 3 is 3.00 bits per heavy atom. The number of anilines is 1. The number of carbonyl (C=O) groups is 3. The molecule has 8 heteroatoms. The molecule has 0 spiro atoms. The smallest absolute Gasteiger partial charge is 0.330 e. The molecule has 2 saturated heterocycles. The van der Waals surface area contributed by atoms with Gasteiger partial charge in [0.1, 0.15) is 6.04 Å². The van der Waals surface area contributed by atoms with Gasteiger partial charge in [-0.05, 0) is 38.5 Å². The Labute approximate surface area is 155 Å². The first-order valence-electron chi connectivity index (χ1n) is 8.32. The van der Waals surface area contributed by atoms with Crippen molar-refractivity contribution in [2.75, 3.05) is 11.1 Å². The molecule has 2 heterocycles. The lowest BCUT2D eigenvalue weighted by Crippen LogP contribution is -2.48. The van der Waals surface area contributed by atoms with Crippen LogP contribution in [0.2, 0.25) is 0 Å². The van der Waals surface area contributed by atoms with Gasteiger partial charge in [0.15, 0.2) is 6.10 Å². The summed E-state index contributed by atoms with van der Waals surface area (Å²) in [5.74, 6) is -0.635. The van der Waals surface area contributed by atoms with Crippen LogP contribution in [0.1, 0.15) is 32.3 Å². The van der Waals surface area contributed by atoms with Crippen molar-refractivity contribution in [2.24, 2.45) is 0 Å². The van der Waals surface area contributed by atoms with Crippen molar-refractivity contribution in [3.8, 4) is 6.07 Å². The largest absolute Gasteiger partial charge is 0.451 e. The molecule has 2 aliphatic rings. The first-order valence-corrected chi connectivity index (χ1v) is 9.30. The van der Waals surface area contributed by atoms with Crippen LogP contribution in [0.4, 0.5) is 5.69 Å². The number of benzene rings is 1. The highest BCUT2D eigenvalue weighted by atomic mass is 32.2. The predicted octanol–water partition coefficient (Wildman–Crippen LogP) is 1.88. The van der Waals surface area contributed by atoms with Gasteiger partial charge in [0, 0.05) is 17.9 Å². The molecule has 0 saturated carbocycles. The zero-order valence-electron chi connectivity index (χ0n) is 14.5. The first kappa shape index (κ1) is 18.3. The average molecular weight is 373 g/mol. The third-order valence-corrected chi connectivity index (χ3v) is 6.14. The normalized spacial score (nSPS) is 25.3. The Morgan fingerprint density at radius 2 is 2.27 bits per heavy atom. The number of nitrogens with zero attached hydrogens (tertiary/aromatic N) is 2. The summed E-state index contributed by atoms with van der Waals surface area (Å²) in [6, 6.07) is 7.80. The highest BCUT2D eigenvalue weighted by Gasteiger charge is 2.53. The molecule has 2 fully saturated rings. The maximum Gasteiger partial charge on any atom is 0.330 e. The van der Waals surface area contributed by atoms with E-state index in [4.69, 9.17) is 10.00 Å². The van der Waals surface area contributed by atoms with Crippen LogP contribution >= 0.6 is 11.8 Å². The Balaban J connectivity index is 1.61. The van der Waals surface area contributed by atoms with E-state index in [0.717, 1.165) is 0 Å². The topological polar surface area (TPSA) is 99.5 Å². The third-order valence-electron chi connectivity index (χ3n) is 4.64. The summed E-state index contributed by atoms with van der Waals surface area (Å²) in [6.07, 6.45) is 0.132. The number of thioether (sulfide) groups is 1. The summed E-state index contributed by atoms with van der Waals surface area (Å²) in [5.41, 5.74) is 0.873. The number of hydrogen-bond donors (Lipinski definition) is 1. The number of ether oxygens (including phenoxy) is 1. The summed E-state index contributed by atoms with van der Waals surface area (Å²) < 4.78 is 5.30. The van der Waals surface area contributed by atoms with Gasteiger partial charge in [-0.25, -0.2) is 4.79 Å². The van der Waals surface area contributed by atoms with Crippen LogP contribution in [0.5, 0.6) is 0 Å². The van der Waals surface area contributed by atoms with E-state index in [0.29, 0.717) is 29.8 Å². The van der Waals surface area contributed by atoms with Crippen molar-refractivity contribution >= 4 is 35.2 Å². The van der Waals surface area contributed by atoms with Gasteiger partial charge in [-0.1, -0.05) is 6.07 Å². The fourth-order valence-corrected chi connectivity index (χ4v) is 4.63. The minimum Gasteiger partial charge on any atom is -0.451 e. The zero-order valence-corrected chi connectivity index (χ0v) is 15.3. The molecule has 136 valence electrons. The van der Waals surface area contributed by atoms with Crippen LogP contribution in [0.25, 0.3) is 0 Å². The van der Waals surface area contributed by atoms with Gasteiger partial charge in [0.05, 0.1) is 16.5 Å². The maximum absolute atomic E-state index is 12.5. The Morgan fingerprint density at radius 1 is 1.50 bits per heavy atom. The lowest BCUT2D eigenvalue weighted by atomic mass is 10.2.